The Bertz CT molecular complexity index is 121. The topological polar surface area (TPSA) is 30.7 Å². The smallest absolute Gasteiger partial charge is 0.119 e. The third-order valence-corrected chi connectivity index (χ3v) is 0.735. The standard InChI is InChI=1S/C4H6N3/c1-2-7-3-5-6-4-7/h2-4H,1H3. The summed E-state index contributed by atoms with van der Waals surface area (Å²) in [6, 6.07) is 0. The quantitative estimate of drug-likeness (QED) is 0.503. The first-order chi connectivity index (χ1) is 3.43. The van der Waals surface area contributed by atoms with Gasteiger partial charge in [-0.3, -0.25) is 0 Å². The minimum absolute atomic E-state index is 1.64. The Morgan fingerprint density at radius 2 is 2.00 bits per heavy atom. The van der Waals surface area contributed by atoms with Gasteiger partial charge in [0, 0.05) is 0 Å². The van der Waals surface area contributed by atoms with Crippen LogP contribution in [-0.4, -0.2) is 14.8 Å². The van der Waals surface area contributed by atoms with Gasteiger partial charge in [-0.15, -0.1) is 10.2 Å². The Morgan fingerprint density at radius 3 is 2.29 bits per heavy atom. The van der Waals surface area contributed by atoms with E-state index in [1.165, 1.54) is 0 Å². The lowest BCUT2D eigenvalue weighted by molar-refractivity contribution is 0.953. The van der Waals surface area contributed by atoms with Crippen molar-refractivity contribution in [3.8, 4) is 0 Å². The fourth-order valence-electron chi connectivity index (χ4n) is 0.342. The zero-order valence-electron chi connectivity index (χ0n) is 4.07. The average Bonchev–Trinajstić information content (AvgIpc) is 2.14. The highest BCUT2D eigenvalue weighted by molar-refractivity contribution is 4.68. The van der Waals surface area contributed by atoms with Crippen molar-refractivity contribution in [1.29, 1.82) is 0 Å². The van der Waals surface area contributed by atoms with E-state index in [2.05, 4.69) is 10.2 Å². The van der Waals surface area contributed by atoms with Crippen molar-refractivity contribution in [2.24, 2.45) is 0 Å². The van der Waals surface area contributed by atoms with Crippen LogP contribution in [0.15, 0.2) is 12.7 Å². The molecule has 1 aromatic heterocycles. The predicted molar refractivity (Wildman–Crippen MR) is 25.4 cm³/mol. The van der Waals surface area contributed by atoms with E-state index in [4.69, 9.17) is 0 Å². The molecule has 0 aliphatic rings. The molecule has 1 aromatic rings. The molecule has 0 amide bonds. The molecule has 37 valence electrons. The zero-order valence-corrected chi connectivity index (χ0v) is 4.07. The summed E-state index contributed by atoms with van der Waals surface area (Å²) < 4.78 is 1.78. The van der Waals surface area contributed by atoms with Crippen molar-refractivity contribution in [3.05, 3.63) is 19.2 Å². The van der Waals surface area contributed by atoms with E-state index in [0.29, 0.717) is 0 Å². The molecule has 7 heavy (non-hydrogen) atoms. The highest BCUT2D eigenvalue weighted by Gasteiger charge is 1.79. The normalized spacial score (nSPS) is 9.29. The molecule has 0 saturated carbocycles. The lowest BCUT2D eigenvalue weighted by atomic mass is 10.7. The van der Waals surface area contributed by atoms with Gasteiger partial charge in [-0.25, -0.2) is 0 Å². The van der Waals surface area contributed by atoms with Crippen LogP contribution in [0.4, 0.5) is 0 Å². The molecule has 0 bridgehead atoms. The molecule has 0 aromatic carbocycles. The van der Waals surface area contributed by atoms with Gasteiger partial charge in [-0.1, -0.05) is 0 Å². The van der Waals surface area contributed by atoms with E-state index in [1.807, 2.05) is 13.5 Å². The molecule has 1 rings (SSSR count). The van der Waals surface area contributed by atoms with Crippen LogP contribution >= 0.6 is 0 Å². The van der Waals surface area contributed by atoms with Gasteiger partial charge in [0.1, 0.15) is 12.7 Å². The molecule has 0 saturated heterocycles. The average molecular weight is 96.1 g/mol. The summed E-state index contributed by atoms with van der Waals surface area (Å²) in [6.07, 6.45) is 3.28. The minimum Gasteiger partial charge on any atom is -0.315 e. The van der Waals surface area contributed by atoms with E-state index in [0.717, 1.165) is 0 Å². The molecule has 0 spiro atoms. The van der Waals surface area contributed by atoms with Gasteiger partial charge in [-0.05, 0) is 6.92 Å². The van der Waals surface area contributed by atoms with Crippen molar-refractivity contribution in [3.63, 3.8) is 0 Å². The fraction of sp³-hybridized carbons (Fsp3) is 0.250. The molecule has 0 aliphatic carbocycles. The second-order valence-electron chi connectivity index (χ2n) is 1.17. The van der Waals surface area contributed by atoms with Crippen molar-refractivity contribution >= 4 is 0 Å². The van der Waals surface area contributed by atoms with Crippen LogP contribution in [0.1, 0.15) is 6.92 Å². The van der Waals surface area contributed by atoms with E-state index < -0.39 is 0 Å². The number of aromatic nitrogens is 3. The zero-order chi connectivity index (χ0) is 5.11. The number of hydrogen-bond acceptors (Lipinski definition) is 2. The monoisotopic (exact) mass is 96.1 g/mol. The largest absolute Gasteiger partial charge is 0.315 e. The van der Waals surface area contributed by atoms with Crippen LogP contribution in [0.2, 0.25) is 0 Å². The van der Waals surface area contributed by atoms with Crippen molar-refractivity contribution in [1.82, 2.24) is 14.8 Å². The summed E-state index contributed by atoms with van der Waals surface area (Å²) in [5.41, 5.74) is 0. The first-order valence-corrected chi connectivity index (χ1v) is 2.07. The maximum absolute atomic E-state index is 3.57. The van der Waals surface area contributed by atoms with E-state index in [1.54, 1.807) is 17.2 Å². The molecule has 0 aliphatic heterocycles. The molecule has 0 atom stereocenters. The van der Waals surface area contributed by atoms with Crippen LogP contribution in [0.25, 0.3) is 0 Å². The van der Waals surface area contributed by atoms with Crippen molar-refractivity contribution in [2.45, 2.75) is 6.92 Å². The number of rotatable bonds is 1. The van der Waals surface area contributed by atoms with Gasteiger partial charge in [0.15, 0.2) is 0 Å². The number of nitrogens with zero attached hydrogens (tertiary/aromatic N) is 3. The first-order valence-electron chi connectivity index (χ1n) is 2.07. The molecule has 1 heterocycles. The third kappa shape index (κ3) is 0.765. The molecule has 3 heteroatoms. The van der Waals surface area contributed by atoms with Crippen LogP contribution in [0.5, 0.6) is 0 Å². The summed E-state index contributed by atoms with van der Waals surface area (Å²) in [5.74, 6) is 0. The molecule has 0 N–H and O–H groups in total. The Hall–Kier alpha value is -0.860. The van der Waals surface area contributed by atoms with Crippen molar-refractivity contribution < 1.29 is 0 Å². The highest BCUT2D eigenvalue weighted by Crippen LogP contribution is 1.79. The van der Waals surface area contributed by atoms with Crippen LogP contribution in [-0.2, 0) is 0 Å². The van der Waals surface area contributed by atoms with Crippen molar-refractivity contribution in [2.75, 3.05) is 0 Å². The minimum atomic E-state index is 1.64. The van der Waals surface area contributed by atoms with Gasteiger partial charge >= 0.3 is 0 Å². The Kier molecular flexibility index (Phi) is 1.06. The Labute approximate surface area is 42.0 Å². The van der Waals surface area contributed by atoms with E-state index in [9.17, 15) is 0 Å². The lowest BCUT2D eigenvalue weighted by Gasteiger charge is -1.84. The third-order valence-electron chi connectivity index (χ3n) is 0.735. The molecule has 1 radical (unpaired) electrons. The first kappa shape index (κ1) is 4.30. The molecular formula is C4H6N3. The SMILES string of the molecule is C[CH]n1cnnc1. The van der Waals surface area contributed by atoms with Gasteiger partial charge < -0.3 is 4.57 Å². The Balaban J connectivity index is 2.76. The molecular weight excluding hydrogens is 90.1 g/mol. The van der Waals surface area contributed by atoms with Gasteiger partial charge in [0.05, 0.1) is 6.54 Å². The lowest BCUT2D eigenvalue weighted by Crippen LogP contribution is -1.82. The molecule has 0 fully saturated rings. The molecule has 0 unspecified atom stereocenters. The van der Waals surface area contributed by atoms with Gasteiger partial charge in [0.25, 0.3) is 0 Å². The summed E-state index contributed by atoms with van der Waals surface area (Å²) in [5, 5.41) is 7.15. The van der Waals surface area contributed by atoms with Crippen LogP contribution < -0.4 is 0 Å². The van der Waals surface area contributed by atoms with E-state index in [-0.39, 0.29) is 0 Å². The van der Waals surface area contributed by atoms with Crippen LogP contribution in [0, 0.1) is 6.54 Å². The summed E-state index contributed by atoms with van der Waals surface area (Å²) >= 11 is 0. The van der Waals surface area contributed by atoms with Gasteiger partial charge in [-0.2, -0.15) is 0 Å². The van der Waals surface area contributed by atoms with Gasteiger partial charge in [0.2, 0.25) is 0 Å². The highest BCUT2D eigenvalue weighted by atomic mass is 15.2. The maximum Gasteiger partial charge on any atom is 0.119 e. The summed E-state index contributed by atoms with van der Waals surface area (Å²) in [6.45, 7) is 3.80. The maximum atomic E-state index is 3.57. The van der Waals surface area contributed by atoms with Crippen LogP contribution in [0.3, 0.4) is 0 Å². The summed E-state index contributed by atoms with van der Waals surface area (Å²) in [4.78, 5) is 0. The fourth-order valence-corrected chi connectivity index (χ4v) is 0.342. The molecule has 3 nitrogen and oxygen atoms in total. The second-order valence-corrected chi connectivity index (χ2v) is 1.17. The van der Waals surface area contributed by atoms with E-state index >= 15 is 0 Å². The summed E-state index contributed by atoms with van der Waals surface area (Å²) in [7, 11) is 0. The Morgan fingerprint density at radius 1 is 1.43 bits per heavy atom. The second kappa shape index (κ2) is 1.73. The predicted octanol–water partition coefficient (Wildman–Crippen LogP) is 0.308. The number of hydrogen-bond donors (Lipinski definition) is 0.